The number of hydrogen-bond acceptors (Lipinski definition) is 5. The maximum absolute atomic E-state index is 10.8. The Kier molecular flexibility index (Phi) is 4.92. The normalized spacial score (nSPS) is 22.9. The highest BCUT2D eigenvalue weighted by atomic mass is 16.5. The highest BCUT2D eigenvalue weighted by Crippen LogP contribution is 2.45. The van der Waals surface area contributed by atoms with E-state index in [9.17, 15) is 4.79 Å². The highest BCUT2D eigenvalue weighted by Gasteiger charge is 2.37. The van der Waals surface area contributed by atoms with Gasteiger partial charge in [-0.3, -0.25) is 4.79 Å². The summed E-state index contributed by atoms with van der Waals surface area (Å²) in [6.07, 6.45) is 4.19. The number of nitrogens with zero attached hydrogens (tertiary/aromatic N) is 4. The van der Waals surface area contributed by atoms with Gasteiger partial charge < -0.3 is 9.84 Å². The molecule has 0 spiro atoms. The number of methoxy groups -OCH3 is 1. The summed E-state index contributed by atoms with van der Waals surface area (Å²) in [5.74, 6) is 0.283. The van der Waals surface area contributed by atoms with Crippen LogP contribution >= 0.6 is 0 Å². The van der Waals surface area contributed by atoms with E-state index in [0.29, 0.717) is 12.5 Å². The van der Waals surface area contributed by atoms with Crippen LogP contribution in [0.15, 0.2) is 0 Å². The Morgan fingerprint density at radius 1 is 1.52 bits per heavy atom. The molecular weight excluding hydrogens is 272 g/mol. The fourth-order valence-corrected chi connectivity index (χ4v) is 3.17. The molecule has 0 amide bonds. The summed E-state index contributed by atoms with van der Waals surface area (Å²) in [4.78, 5) is 10.8. The van der Waals surface area contributed by atoms with Gasteiger partial charge in [-0.2, -0.15) is 0 Å². The van der Waals surface area contributed by atoms with Gasteiger partial charge >= 0.3 is 5.97 Å². The summed E-state index contributed by atoms with van der Waals surface area (Å²) in [7, 11) is 1.52. The van der Waals surface area contributed by atoms with E-state index in [0.717, 1.165) is 18.7 Å². The number of aliphatic carboxylic acids is 1. The molecule has 1 aromatic rings. The molecule has 1 N–H and O–H groups in total. The molecule has 0 saturated heterocycles. The van der Waals surface area contributed by atoms with E-state index in [4.69, 9.17) is 9.84 Å². The van der Waals surface area contributed by atoms with Gasteiger partial charge in [0.25, 0.3) is 0 Å². The molecule has 0 radical (unpaired) electrons. The third-order valence-corrected chi connectivity index (χ3v) is 4.49. The molecule has 7 nitrogen and oxygen atoms in total. The first-order chi connectivity index (χ1) is 9.94. The van der Waals surface area contributed by atoms with Gasteiger partial charge in [0.15, 0.2) is 5.82 Å². The minimum Gasteiger partial charge on any atom is -0.481 e. The van der Waals surface area contributed by atoms with E-state index in [1.165, 1.54) is 20.0 Å². The summed E-state index contributed by atoms with van der Waals surface area (Å²) in [6, 6.07) is 0. The van der Waals surface area contributed by atoms with Crippen molar-refractivity contribution in [3.8, 4) is 0 Å². The number of hydrogen-bond donors (Lipinski definition) is 1. The first kappa shape index (κ1) is 15.9. The van der Waals surface area contributed by atoms with Crippen molar-refractivity contribution in [3.63, 3.8) is 0 Å². The molecule has 1 aromatic heterocycles. The van der Waals surface area contributed by atoms with Gasteiger partial charge in [0.05, 0.1) is 19.1 Å². The lowest BCUT2D eigenvalue weighted by atomic mass is 9.68. The van der Waals surface area contributed by atoms with Crippen LogP contribution in [0.1, 0.15) is 57.7 Å². The van der Waals surface area contributed by atoms with Gasteiger partial charge in [0, 0.05) is 13.0 Å². The quantitative estimate of drug-likeness (QED) is 0.861. The van der Waals surface area contributed by atoms with Crippen molar-refractivity contribution in [2.75, 3.05) is 7.11 Å². The molecule has 1 aliphatic carbocycles. The third kappa shape index (κ3) is 3.78. The molecule has 118 valence electrons. The Labute approximate surface area is 124 Å². The summed E-state index contributed by atoms with van der Waals surface area (Å²) < 4.78 is 6.95. The summed E-state index contributed by atoms with van der Waals surface area (Å²) in [6.45, 7) is 4.87. The number of carboxylic acid groups (broad SMARTS) is 1. The van der Waals surface area contributed by atoms with Crippen molar-refractivity contribution < 1.29 is 14.6 Å². The van der Waals surface area contributed by atoms with E-state index in [1.54, 1.807) is 4.68 Å². The predicted molar refractivity (Wildman–Crippen MR) is 75.9 cm³/mol. The zero-order chi connectivity index (χ0) is 15.5. The van der Waals surface area contributed by atoms with Crippen molar-refractivity contribution in [3.05, 3.63) is 5.82 Å². The molecule has 7 heteroatoms. The van der Waals surface area contributed by atoms with Crippen molar-refractivity contribution in [1.29, 1.82) is 0 Å². The van der Waals surface area contributed by atoms with Crippen LogP contribution in [0.3, 0.4) is 0 Å². The van der Waals surface area contributed by atoms with Crippen molar-refractivity contribution in [2.24, 2.45) is 5.41 Å². The zero-order valence-electron chi connectivity index (χ0n) is 12.9. The number of tetrazole rings is 1. The minimum atomic E-state index is -0.880. The molecule has 0 aromatic carbocycles. The molecule has 2 rings (SSSR count). The van der Waals surface area contributed by atoms with Crippen LogP contribution in [0.4, 0.5) is 0 Å². The van der Waals surface area contributed by atoms with Crippen LogP contribution in [0.25, 0.3) is 0 Å². The average molecular weight is 296 g/mol. The van der Waals surface area contributed by atoms with Crippen LogP contribution < -0.4 is 0 Å². The van der Waals surface area contributed by atoms with E-state index >= 15 is 0 Å². The van der Waals surface area contributed by atoms with Gasteiger partial charge in [-0.15, -0.1) is 5.10 Å². The molecular formula is C14H24N4O3. The summed E-state index contributed by atoms with van der Waals surface area (Å²) in [5, 5.41) is 20.9. The Balaban J connectivity index is 2.16. The van der Waals surface area contributed by atoms with Crippen LogP contribution in [0.5, 0.6) is 0 Å². The molecule has 2 unspecified atom stereocenters. The second kappa shape index (κ2) is 6.51. The lowest BCUT2D eigenvalue weighted by Crippen LogP contribution is -2.31. The molecule has 0 bridgehead atoms. The zero-order valence-corrected chi connectivity index (χ0v) is 12.9. The van der Waals surface area contributed by atoms with Gasteiger partial charge in [0.1, 0.15) is 0 Å². The topological polar surface area (TPSA) is 90.1 Å². The monoisotopic (exact) mass is 296 g/mol. The lowest BCUT2D eigenvalue weighted by molar-refractivity contribution is -0.140. The number of carbonyl (C=O) groups is 1. The fraction of sp³-hybridized carbons (Fsp3) is 0.857. The molecule has 2 atom stereocenters. The second-order valence-corrected chi connectivity index (χ2v) is 6.46. The number of rotatable bonds is 6. The predicted octanol–water partition coefficient (Wildman–Crippen LogP) is 1.85. The van der Waals surface area contributed by atoms with Crippen LogP contribution in [0.2, 0.25) is 0 Å². The van der Waals surface area contributed by atoms with Gasteiger partial charge in [0.2, 0.25) is 0 Å². The largest absolute Gasteiger partial charge is 0.481 e. The Bertz CT molecular complexity index is 486. The van der Waals surface area contributed by atoms with E-state index < -0.39 is 12.1 Å². The van der Waals surface area contributed by atoms with Gasteiger partial charge in [-0.05, 0) is 28.7 Å². The third-order valence-electron chi connectivity index (χ3n) is 4.49. The Morgan fingerprint density at radius 2 is 2.29 bits per heavy atom. The van der Waals surface area contributed by atoms with E-state index in [2.05, 4.69) is 29.4 Å². The maximum atomic E-state index is 10.8. The van der Waals surface area contributed by atoms with Crippen LogP contribution in [0, 0.1) is 5.41 Å². The number of carboxylic acids is 1. The van der Waals surface area contributed by atoms with Crippen molar-refractivity contribution >= 4 is 5.97 Å². The fourth-order valence-electron chi connectivity index (χ4n) is 3.17. The SMILES string of the molecule is COC(CC(=O)O)Cn1nnnc1C1CCCCC1(C)C. The second-order valence-electron chi connectivity index (χ2n) is 6.46. The summed E-state index contributed by atoms with van der Waals surface area (Å²) in [5.41, 5.74) is 0.167. The van der Waals surface area contributed by atoms with E-state index in [1.807, 2.05) is 0 Å². The first-order valence-corrected chi connectivity index (χ1v) is 7.44. The minimum absolute atomic E-state index is 0.0517. The first-order valence-electron chi connectivity index (χ1n) is 7.44. The highest BCUT2D eigenvalue weighted by molar-refractivity contribution is 5.67. The lowest BCUT2D eigenvalue weighted by Gasteiger charge is -2.37. The van der Waals surface area contributed by atoms with Crippen molar-refractivity contribution in [1.82, 2.24) is 20.2 Å². The number of aromatic nitrogens is 4. The Morgan fingerprint density at radius 3 is 2.90 bits per heavy atom. The summed E-state index contributed by atoms with van der Waals surface area (Å²) >= 11 is 0. The van der Waals surface area contributed by atoms with Gasteiger partial charge in [-0.25, -0.2) is 4.68 Å². The van der Waals surface area contributed by atoms with Crippen LogP contribution in [-0.4, -0.2) is 44.5 Å². The number of ether oxygens (including phenoxy) is 1. The molecule has 1 saturated carbocycles. The van der Waals surface area contributed by atoms with Crippen LogP contribution in [-0.2, 0) is 16.1 Å². The molecule has 1 aliphatic rings. The van der Waals surface area contributed by atoms with Gasteiger partial charge in [-0.1, -0.05) is 26.7 Å². The molecule has 1 heterocycles. The van der Waals surface area contributed by atoms with Crippen molar-refractivity contribution in [2.45, 2.75) is 64.5 Å². The average Bonchev–Trinajstić information content (AvgIpc) is 2.84. The molecule has 1 fully saturated rings. The maximum Gasteiger partial charge on any atom is 0.306 e. The standard InChI is InChI=1S/C14H24N4O3/c1-14(2)7-5-4-6-11(14)13-15-16-17-18(13)9-10(21-3)8-12(19)20/h10-11H,4-9H2,1-3H3,(H,19,20). The van der Waals surface area contributed by atoms with E-state index in [-0.39, 0.29) is 11.8 Å². The molecule has 0 aliphatic heterocycles. The Hall–Kier alpha value is -1.50. The molecule has 21 heavy (non-hydrogen) atoms. The smallest absolute Gasteiger partial charge is 0.306 e.